The molecule has 2 rings (SSSR count). The first-order chi connectivity index (χ1) is 11.7. The van der Waals surface area contributed by atoms with Gasteiger partial charge in [-0.15, -0.1) is 0 Å². The fourth-order valence-electron chi connectivity index (χ4n) is 2.82. The summed E-state index contributed by atoms with van der Waals surface area (Å²) >= 11 is 0. The summed E-state index contributed by atoms with van der Waals surface area (Å²) in [6, 6.07) is 3.39. The van der Waals surface area contributed by atoms with Gasteiger partial charge in [0.25, 0.3) is 0 Å². The van der Waals surface area contributed by atoms with Crippen molar-refractivity contribution in [3.63, 3.8) is 0 Å². The number of pyridine rings is 1. The van der Waals surface area contributed by atoms with E-state index in [2.05, 4.69) is 15.2 Å². The third kappa shape index (κ3) is 4.51. The van der Waals surface area contributed by atoms with Crippen LogP contribution < -0.4 is 10.2 Å². The van der Waals surface area contributed by atoms with Crippen LogP contribution in [0.2, 0.25) is 0 Å². The number of nitrogens with zero attached hydrogens (tertiary/aromatic N) is 2. The Kier molecular flexibility index (Phi) is 6.08. The lowest BCUT2D eigenvalue weighted by Crippen LogP contribution is -2.40. The molecule has 1 saturated heterocycles. The van der Waals surface area contributed by atoms with Crippen LogP contribution in [-0.4, -0.2) is 43.7 Å². The van der Waals surface area contributed by atoms with Crippen LogP contribution in [0.1, 0.15) is 47.0 Å². The van der Waals surface area contributed by atoms with Gasteiger partial charge in [0, 0.05) is 25.6 Å². The van der Waals surface area contributed by atoms with Gasteiger partial charge < -0.3 is 10.2 Å². The molecule has 1 N–H and O–H groups in total. The lowest BCUT2D eigenvalue weighted by molar-refractivity contribution is -0.125. The fraction of sp³-hybridized carbons (Fsp3) is 0.667. The molecule has 6 nitrogen and oxygen atoms in total. The molecule has 140 valence electrons. The Bertz CT molecular complexity index is 685. The molecule has 0 unspecified atom stereocenters. The molecule has 0 spiro atoms. The van der Waals surface area contributed by atoms with Gasteiger partial charge in [0.2, 0.25) is 5.91 Å². The molecule has 1 aliphatic heterocycles. The summed E-state index contributed by atoms with van der Waals surface area (Å²) < 4.78 is 24.0. The number of aromatic nitrogens is 1. The highest BCUT2D eigenvalue weighted by atomic mass is 32.2. The van der Waals surface area contributed by atoms with Crippen molar-refractivity contribution in [3.8, 4) is 0 Å². The highest BCUT2D eigenvalue weighted by molar-refractivity contribution is 7.92. The van der Waals surface area contributed by atoms with Crippen molar-refractivity contribution in [1.29, 1.82) is 0 Å². The van der Waals surface area contributed by atoms with Gasteiger partial charge in [-0.05, 0) is 52.2 Å². The van der Waals surface area contributed by atoms with Crippen LogP contribution in [0, 0.1) is 5.92 Å². The predicted octanol–water partition coefficient (Wildman–Crippen LogP) is 2.40. The molecule has 7 heteroatoms. The number of sulfone groups is 1. The third-order valence-electron chi connectivity index (χ3n) is 4.58. The zero-order valence-electron chi connectivity index (χ0n) is 15.6. The highest BCUT2D eigenvalue weighted by Gasteiger charge is 2.32. The van der Waals surface area contributed by atoms with Crippen LogP contribution in [0.5, 0.6) is 0 Å². The Morgan fingerprint density at radius 2 is 1.92 bits per heavy atom. The molecule has 25 heavy (non-hydrogen) atoms. The molecule has 1 aliphatic rings. The Morgan fingerprint density at radius 1 is 1.28 bits per heavy atom. The minimum Gasteiger partial charge on any atom is -0.370 e. The van der Waals surface area contributed by atoms with Gasteiger partial charge in [0.1, 0.15) is 0 Å². The van der Waals surface area contributed by atoms with E-state index in [1.165, 1.54) is 0 Å². The van der Waals surface area contributed by atoms with Crippen molar-refractivity contribution in [2.75, 3.05) is 24.5 Å². The highest BCUT2D eigenvalue weighted by Crippen LogP contribution is 2.27. The number of rotatable bonds is 5. The quantitative estimate of drug-likeness (QED) is 0.864. The number of anilines is 1. The second kappa shape index (κ2) is 7.72. The minimum absolute atomic E-state index is 0.0660. The number of hydrogen-bond acceptors (Lipinski definition) is 5. The van der Waals surface area contributed by atoms with E-state index < -0.39 is 14.6 Å². The van der Waals surface area contributed by atoms with E-state index in [1.807, 2.05) is 13.0 Å². The van der Waals surface area contributed by atoms with Crippen molar-refractivity contribution in [1.82, 2.24) is 10.3 Å². The number of amides is 1. The average Bonchev–Trinajstić information content (AvgIpc) is 2.59. The number of hydrogen-bond donors (Lipinski definition) is 1. The molecule has 0 aliphatic carbocycles. The van der Waals surface area contributed by atoms with Crippen LogP contribution in [0.4, 0.5) is 5.69 Å². The maximum atomic E-state index is 12.4. The summed E-state index contributed by atoms with van der Waals surface area (Å²) in [6.45, 7) is 9.34. The predicted molar refractivity (Wildman–Crippen MR) is 99.4 cm³/mol. The Balaban J connectivity index is 2.00. The lowest BCUT2D eigenvalue weighted by atomic mass is 9.95. The number of carbonyl (C=O) groups is 1. The van der Waals surface area contributed by atoms with E-state index in [1.54, 1.807) is 33.0 Å². The molecule has 1 amide bonds. The summed E-state index contributed by atoms with van der Waals surface area (Å²) in [5.41, 5.74) is 0.903. The molecule has 1 aromatic rings. The number of carbonyl (C=O) groups excluding carboxylic acids is 1. The molecule has 0 atom stereocenters. The molecule has 0 aromatic carbocycles. The monoisotopic (exact) mass is 367 g/mol. The topological polar surface area (TPSA) is 79.4 Å². The van der Waals surface area contributed by atoms with Gasteiger partial charge >= 0.3 is 0 Å². The summed E-state index contributed by atoms with van der Waals surface area (Å²) in [5, 5.41) is 3.07. The average molecular weight is 368 g/mol. The van der Waals surface area contributed by atoms with Crippen molar-refractivity contribution in [2.45, 2.75) is 56.7 Å². The molecule has 0 bridgehead atoms. The van der Waals surface area contributed by atoms with Crippen LogP contribution >= 0.6 is 0 Å². The van der Waals surface area contributed by atoms with Crippen LogP contribution in [0.15, 0.2) is 23.4 Å². The Morgan fingerprint density at radius 3 is 2.40 bits per heavy atom. The Labute approximate surface area is 150 Å². The second-order valence-electron chi connectivity index (χ2n) is 7.52. The summed E-state index contributed by atoms with van der Waals surface area (Å²) in [6.07, 6.45) is 4.17. The Hall–Kier alpha value is -1.63. The van der Waals surface area contributed by atoms with Crippen molar-refractivity contribution >= 4 is 21.4 Å². The first-order valence-corrected chi connectivity index (χ1v) is 10.4. The molecule has 1 fully saturated rings. The van der Waals surface area contributed by atoms with E-state index in [0.29, 0.717) is 0 Å². The summed E-state index contributed by atoms with van der Waals surface area (Å²) in [4.78, 5) is 18.4. The molecular formula is C18H29N3O3S. The molecule has 0 saturated carbocycles. The molecule has 0 radical (unpaired) electrons. The van der Waals surface area contributed by atoms with Gasteiger partial charge in [0.05, 0.1) is 16.6 Å². The standard InChI is InChI=1S/C18H29N3O3S/c1-5-10-19-17(22)14-8-11-21(12-9-14)15-6-7-16(20-13-15)25(23,24)18(2,3)4/h6-7,13-14H,5,8-12H2,1-4H3,(H,19,22). The van der Waals surface area contributed by atoms with Crippen LogP contribution in [0.3, 0.4) is 0 Å². The van der Waals surface area contributed by atoms with Gasteiger partial charge in [-0.1, -0.05) is 6.92 Å². The molecule has 2 heterocycles. The SMILES string of the molecule is CCCNC(=O)C1CCN(c2ccc(S(=O)(=O)C(C)(C)C)nc2)CC1. The van der Waals surface area contributed by atoms with Gasteiger partial charge in [-0.25, -0.2) is 13.4 Å². The zero-order valence-corrected chi connectivity index (χ0v) is 16.4. The number of piperidine rings is 1. The van der Waals surface area contributed by atoms with Crippen molar-refractivity contribution < 1.29 is 13.2 Å². The van der Waals surface area contributed by atoms with E-state index in [0.717, 1.165) is 44.6 Å². The van der Waals surface area contributed by atoms with Crippen LogP contribution in [-0.2, 0) is 14.6 Å². The normalized spacial score (nSPS) is 16.7. The maximum Gasteiger partial charge on any atom is 0.223 e. The minimum atomic E-state index is -3.44. The summed E-state index contributed by atoms with van der Waals surface area (Å²) in [5.74, 6) is 0.211. The molecule has 1 aromatic heterocycles. The van der Waals surface area contributed by atoms with E-state index in [-0.39, 0.29) is 16.9 Å². The first kappa shape index (κ1) is 19.7. The second-order valence-corrected chi connectivity index (χ2v) is 10.2. The third-order valence-corrected chi connectivity index (χ3v) is 6.99. The van der Waals surface area contributed by atoms with E-state index in [4.69, 9.17) is 0 Å². The van der Waals surface area contributed by atoms with E-state index in [9.17, 15) is 13.2 Å². The zero-order chi connectivity index (χ0) is 18.7. The lowest BCUT2D eigenvalue weighted by Gasteiger charge is -2.32. The van der Waals surface area contributed by atoms with Gasteiger partial charge in [-0.2, -0.15) is 0 Å². The number of nitrogens with one attached hydrogen (secondary N) is 1. The van der Waals surface area contributed by atoms with Crippen molar-refractivity contribution in [2.24, 2.45) is 5.92 Å². The van der Waals surface area contributed by atoms with E-state index >= 15 is 0 Å². The molecular weight excluding hydrogens is 338 g/mol. The van der Waals surface area contributed by atoms with Crippen LogP contribution in [0.25, 0.3) is 0 Å². The van der Waals surface area contributed by atoms with Crippen molar-refractivity contribution in [3.05, 3.63) is 18.3 Å². The van der Waals surface area contributed by atoms with Gasteiger partial charge in [0.15, 0.2) is 14.9 Å². The van der Waals surface area contributed by atoms with Gasteiger partial charge in [-0.3, -0.25) is 4.79 Å². The summed E-state index contributed by atoms with van der Waals surface area (Å²) in [7, 11) is -3.44. The largest absolute Gasteiger partial charge is 0.370 e. The maximum absolute atomic E-state index is 12.4. The first-order valence-electron chi connectivity index (χ1n) is 8.90. The smallest absolute Gasteiger partial charge is 0.223 e. The fourth-order valence-corrected chi connectivity index (χ4v) is 3.89.